The second-order valence-electron chi connectivity index (χ2n) is 4.68. The topological polar surface area (TPSA) is 20.5 Å². The first-order valence-corrected chi connectivity index (χ1v) is 6.96. The number of halogens is 1. The van der Waals surface area contributed by atoms with Crippen LogP contribution in [0.5, 0.6) is 0 Å². The van der Waals surface area contributed by atoms with Crippen LogP contribution in [0.3, 0.4) is 0 Å². The molecule has 0 amide bonds. The molecule has 0 saturated carbocycles. The number of aromatic nitrogens is 2. The van der Waals surface area contributed by atoms with E-state index in [1.54, 1.807) is 0 Å². The predicted molar refractivity (Wildman–Crippen MR) is 72.0 cm³/mol. The molecular weight excluding hydrogens is 278 g/mol. The van der Waals surface area contributed by atoms with Crippen molar-refractivity contribution in [3.05, 3.63) is 34.7 Å². The monoisotopic (exact) mass is 293 g/mol. The molecule has 4 heteroatoms. The lowest BCUT2D eigenvalue weighted by Crippen LogP contribution is -2.29. The Morgan fingerprint density at radius 3 is 2.88 bits per heavy atom. The molecule has 1 aliphatic rings. The molecule has 0 aromatic carbocycles. The molecule has 90 valence electrons. The molecule has 0 atom stereocenters. The number of nitrogens with zero attached hydrogens (tertiary/aromatic N) is 3. The Bertz CT molecular complexity index is 514. The third-order valence-corrected chi connectivity index (χ3v) is 3.80. The second-order valence-corrected chi connectivity index (χ2v) is 5.60. The van der Waals surface area contributed by atoms with Crippen molar-refractivity contribution in [2.75, 3.05) is 13.1 Å². The highest BCUT2D eigenvalue weighted by atomic mass is 79.9. The van der Waals surface area contributed by atoms with Gasteiger partial charge in [-0.3, -0.25) is 4.90 Å². The van der Waals surface area contributed by atoms with Gasteiger partial charge >= 0.3 is 0 Å². The van der Waals surface area contributed by atoms with Gasteiger partial charge in [-0.15, -0.1) is 0 Å². The quantitative estimate of drug-likeness (QED) is 0.848. The zero-order chi connectivity index (χ0) is 11.7. The van der Waals surface area contributed by atoms with E-state index in [1.807, 2.05) is 12.3 Å². The van der Waals surface area contributed by atoms with Gasteiger partial charge in [-0.1, -0.05) is 22.4 Å². The van der Waals surface area contributed by atoms with Crippen LogP contribution in [0, 0.1) is 0 Å². The van der Waals surface area contributed by atoms with Crippen molar-refractivity contribution < 1.29 is 0 Å². The molecule has 2 aromatic rings. The first-order valence-electron chi connectivity index (χ1n) is 6.17. The van der Waals surface area contributed by atoms with E-state index in [2.05, 4.69) is 42.5 Å². The molecule has 0 aliphatic carbocycles. The van der Waals surface area contributed by atoms with Crippen LogP contribution in [-0.2, 0) is 6.54 Å². The molecule has 3 rings (SSSR count). The fourth-order valence-electron chi connectivity index (χ4n) is 2.43. The molecule has 3 heterocycles. The van der Waals surface area contributed by atoms with Crippen LogP contribution >= 0.6 is 15.9 Å². The first-order chi connectivity index (χ1) is 8.31. The number of hydrogen-bond donors (Lipinski definition) is 0. The number of imidazole rings is 1. The highest BCUT2D eigenvalue weighted by Gasteiger charge is 2.12. The van der Waals surface area contributed by atoms with Gasteiger partial charge in [0.2, 0.25) is 0 Å². The van der Waals surface area contributed by atoms with Crippen LogP contribution in [0.4, 0.5) is 0 Å². The van der Waals surface area contributed by atoms with Gasteiger partial charge in [0, 0.05) is 23.4 Å². The Morgan fingerprint density at radius 2 is 2.06 bits per heavy atom. The Hall–Kier alpha value is -0.870. The van der Waals surface area contributed by atoms with Crippen molar-refractivity contribution in [2.24, 2.45) is 0 Å². The molecule has 0 bridgehead atoms. The van der Waals surface area contributed by atoms with E-state index in [4.69, 9.17) is 0 Å². The summed E-state index contributed by atoms with van der Waals surface area (Å²) in [7, 11) is 0. The average Bonchev–Trinajstić information content (AvgIpc) is 2.71. The standard InChI is InChI=1S/C13H16BrN3/c14-11-4-7-17-10-12(15-13(17)8-11)9-16-5-2-1-3-6-16/h4,7-8,10H,1-3,5-6,9H2. The third kappa shape index (κ3) is 2.53. The highest BCUT2D eigenvalue weighted by molar-refractivity contribution is 9.10. The van der Waals surface area contributed by atoms with Gasteiger partial charge in [0.05, 0.1) is 5.69 Å². The molecule has 0 unspecified atom stereocenters. The maximum atomic E-state index is 4.66. The third-order valence-electron chi connectivity index (χ3n) is 3.31. The smallest absolute Gasteiger partial charge is 0.138 e. The number of piperidine rings is 1. The number of hydrogen-bond acceptors (Lipinski definition) is 2. The maximum absolute atomic E-state index is 4.66. The van der Waals surface area contributed by atoms with E-state index in [-0.39, 0.29) is 0 Å². The van der Waals surface area contributed by atoms with Crippen LogP contribution in [-0.4, -0.2) is 27.4 Å². The van der Waals surface area contributed by atoms with Crippen molar-refractivity contribution in [1.82, 2.24) is 14.3 Å². The SMILES string of the molecule is Brc1ccn2cc(CN3CCCCC3)nc2c1. The van der Waals surface area contributed by atoms with Crippen molar-refractivity contribution >= 4 is 21.6 Å². The molecule has 2 aromatic heterocycles. The fraction of sp³-hybridized carbons (Fsp3) is 0.462. The summed E-state index contributed by atoms with van der Waals surface area (Å²) < 4.78 is 3.17. The van der Waals surface area contributed by atoms with Gasteiger partial charge < -0.3 is 4.40 Å². The van der Waals surface area contributed by atoms with Gasteiger partial charge in [0.25, 0.3) is 0 Å². The van der Waals surface area contributed by atoms with Crippen molar-refractivity contribution in [3.63, 3.8) is 0 Å². The number of likely N-dealkylation sites (tertiary alicyclic amines) is 1. The lowest BCUT2D eigenvalue weighted by atomic mass is 10.1. The molecule has 0 spiro atoms. The molecule has 3 nitrogen and oxygen atoms in total. The van der Waals surface area contributed by atoms with Crippen LogP contribution in [0.15, 0.2) is 29.0 Å². The first kappa shape index (κ1) is 11.2. The lowest BCUT2D eigenvalue weighted by molar-refractivity contribution is 0.219. The Morgan fingerprint density at radius 1 is 1.24 bits per heavy atom. The fourth-order valence-corrected chi connectivity index (χ4v) is 2.76. The largest absolute Gasteiger partial charge is 0.307 e. The number of fused-ring (bicyclic) bond motifs is 1. The average molecular weight is 294 g/mol. The highest BCUT2D eigenvalue weighted by Crippen LogP contribution is 2.16. The van der Waals surface area contributed by atoms with Crippen LogP contribution in [0.25, 0.3) is 5.65 Å². The van der Waals surface area contributed by atoms with Gasteiger partial charge in [-0.25, -0.2) is 4.98 Å². The molecule has 17 heavy (non-hydrogen) atoms. The Balaban J connectivity index is 1.80. The van der Waals surface area contributed by atoms with E-state index >= 15 is 0 Å². The summed E-state index contributed by atoms with van der Waals surface area (Å²) in [6.45, 7) is 3.43. The van der Waals surface area contributed by atoms with Crippen molar-refractivity contribution in [1.29, 1.82) is 0 Å². The van der Waals surface area contributed by atoms with Gasteiger partial charge in [-0.05, 0) is 38.1 Å². The summed E-state index contributed by atoms with van der Waals surface area (Å²) in [6.07, 6.45) is 8.23. The second kappa shape index (κ2) is 4.78. The zero-order valence-electron chi connectivity index (χ0n) is 9.77. The van der Waals surface area contributed by atoms with E-state index < -0.39 is 0 Å². The van der Waals surface area contributed by atoms with Crippen LogP contribution < -0.4 is 0 Å². The summed E-state index contributed by atoms with van der Waals surface area (Å²) in [6, 6.07) is 4.10. The molecule has 1 fully saturated rings. The Labute approximate surface area is 110 Å². The van der Waals surface area contributed by atoms with E-state index in [9.17, 15) is 0 Å². The minimum absolute atomic E-state index is 0.985. The summed E-state index contributed by atoms with van der Waals surface area (Å²) in [4.78, 5) is 7.16. The lowest BCUT2D eigenvalue weighted by Gasteiger charge is -2.25. The van der Waals surface area contributed by atoms with Crippen LogP contribution in [0.2, 0.25) is 0 Å². The van der Waals surface area contributed by atoms with Crippen molar-refractivity contribution in [3.8, 4) is 0 Å². The van der Waals surface area contributed by atoms with E-state index in [0.29, 0.717) is 0 Å². The number of rotatable bonds is 2. The van der Waals surface area contributed by atoms with Gasteiger partial charge in [-0.2, -0.15) is 0 Å². The summed E-state index contributed by atoms with van der Waals surface area (Å²) in [5, 5.41) is 0. The summed E-state index contributed by atoms with van der Waals surface area (Å²) >= 11 is 3.48. The van der Waals surface area contributed by atoms with Gasteiger partial charge in [0.1, 0.15) is 5.65 Å². The normalized spacial score (nSPS) is 17.7. The molecule has 0 radical (unpaired) electrons. The molecule has 1 saturated heterocycles. The maximum Gasteiger partial charge on any atom is 0.138 e. The minimum atomic E-state index is 0.985. The van der Waals surface area contributed by atoms with E-state index in [0.717, 1.165) is 16.7 Å². The molecule has 0 N–H and O–H groups in total. The minimum Gasteiger partial charge on any atom is -0.307 e. The summed E-state index contributed by atoms with van der Waals surface area (Å²) in [5.41, 5.74) is 2.19. The van der Waals surface area contributed by atoms with E-state index in [1.165, 1.54) is 38.0 Å². The Kier molecular flexibility index (Phi) is 3.16. The molecule has 1 aliphatic heterocycles. The molecular formula is C13H16BrN3. The van der Waals surface area contributed by atoms with Gasteiger partial charge in [0.15, 0.2) is 0 Å². The number of pyridine rings is 1. The van der Waals surface area contributed by atoms with Crippen LogP contribution in [0.1, 0.15) is 25.0 Å². The van der Waals surface area contributed by atoms with Crippen molar-refractivity contribution in [2.45, 2.75) is 25.8 Å². The predicted octanol–water partition coefficient (Wildman–Crippen LogP) is 3.08. The zero-order valence-corrected chi connectivity index (χ0v) is 11.4. The summed E-state index contributed by atoms with van der Waals surface area (Å²) in [5.74, 6) is 0.